The number of pyridine rings is 1. The van der Waals surface area contributed by atoms with Crippen molar-refractivity contribution in [3.63, 3.8) is 0 Å². The van der Waals surface area contributed by atoms with Crippen LogP contribution in [-0.4, -0.2) is 46.0 Å². The Morgan fingerprint density at radius 3 is 2.51 bits per heavy atom. The lowest BCUT2D eigenvalue weighted by Gasteiger charge is -2.08. The van der Waals surface area contributed by atoms with Gasteiger partial charge in [0.2, 0.25) is 11.7 Å². The topological polar surface area (TPSA) is 90.5 Å². The van der Waals surface area contributed by atoms with Crippen LogP contribution in [0, 0.1) is 0 Å². The van der Waals surface area contributed by atoms with Crippen molar-refractivity contribution in [2.75, 3.05) is 14.1 Å². The van der Waals surface area contributed by atoms with Gasteiger partial charge in [-0.3, -0.25) is 9.59 Å². The fourth-order valence-corrected chi connectivity index (χ4v) is 3.35. The van der Waals surface area contributed by atoms with Crippen molar-refractivity contribution < 1.29 is 27.2 Å². The number of hydrogen-bond donors (Lipinski definition) is 0. The second-order valence-corrected chi connectivity index (χ2v) is 8.19. The summed E-state index contributed by atoms with van der Waals surface area (Å²) in [6.45, 7) is 0.262. The molecule has 0 aliphatic heterocycles. The van der Waals surface area contributed by atoms with Crippen LogP contribution in [0.2, 0.25) is 0 Å². The molecule has 0 N–H and O–H groups in total. The van der Waals surface area contributed by atoms with Crippen molar-refractivity contribution in [2.24, 2.45) is 0 Å². The first-order valence-corrected chi connectivity index (χ1v) is 11.0. The number of carbonyl (C=O) groups is 1. The van der Waals surface area contributed by atoms with Gasteiger partial charge in [-0.15, -0.1) is 13.2 Å². The SMILES string of the molecule is CN(C)C(=O)/C=C/c1cccc(Cn2cc(-c3nc(-c4ccc(OC(F)(F)F)cc4)no3)ccc2=O)c1. The van der Waals surface area contributed by atoms with Gasteiger partial charge in [-0.25, -0.2) is 0 Å². The Bertz CT molecular complexity index is 1490. The van der Waals surface area contributed by atoms with E-state index in [4.69, 9.17) is 4.52 Å². The van der Waals surface area contributed by atoms with Crippen molar-refractivity contribution in [3.05, 3.63) is 94.4 Å². The molecule has 2 aromatic heterocycles. The molecule has 0 aliphatic rings. The molecule has 1 amide bonds. The molecule has 4 aromatic rings. The van der Waals surface area contributed by atoms with Gasteiger partial charge in [-0.2, -0.15) is 4.98 Å². The van der Waals surface area contributed by atoms with Gasteiger partial charge in [-0.1, -0.05) is 23.4 Å². The Morgan fingerprint density at radius 1 is 1.08 bits per heavy atom. The molecular weight excluding hydrogens is 489 g/mol. The molecule has 2 aromatic carbocycles. The number of nitrogens with zero attached hydrogens (tertiary/aromatic N) is 4. The van der Waals surface area contributed by atoms with Crippen molar-refractivity contribution in [3.8, 4) is 28.6 Å². The summed E-state index contributed by atoms with van der Waals surface area (Å²) >= 11 is 0. The molecule has 4 rings (SSSR count). The molecule has 0 aliphatic carbocycles. The number of amides is 1. The molecule has 0 saturated carbocycles. The molecule has 190 valence electrons. The van der Waals surface area contributed by atoms with Crippen LogP contribution in [-0.2, 0) is 11.3 Å². The smallest absolute Gasteiger partial charge is 0.406 e. The average molecular weight is 510 g/mol. The maximum Gasteiger partial charge on any atom is 0.573 e. The summed E-state index contributed by atoms with van der Waals surface area (Å²) in [4.78, 5) is 30.0. The molecule has 0 fully saturated rings. The molecule has 37 heavy (non-hydrogen) atoms. The molecule has 8 nitrogen and oxygen atoms in total. The number of alkyl halides is 3. The van der Waals surface area contributed by atoms with Gasteiger partial charge in [0.1, 0.15) is 5.75 Å². The predicted molar refractivity (Wildman–Crippen MR) is 129 cm³/mol. The second kappa shape index (κ2) is 10.5. The molecule has 0 radical (unpaired) electrons. The second-order valence-electron chi connectivity index (χ2n) is 8.19. The lowest BCUT2D eigenvalue weighted by Crippen LogP contribution is -2.19. The minimum atomic E-state index is -4.78. The van der Waals surface area contributed by atoms with Crippen LogP contribution >= 0.6 is 0 Å². The van der Waals surface area contributed by atoms with Gasteiger partial charge in [0, 0.05) is 38.0 Å². The van der Waals surface area contributed by atoms with E-state index in [1.807, 2.05) is 24.3 Å². The van der Waals surface area contributed by atoms with Crippen LogP contribution < -0.4 is 10.3 Å². The predicted octanol–water partition coefficient (Wildman–Crippen LogP) is 4.61. The van der Waals surface area contributed by atoms with Crippen LogP contribution in [0.1, 0.15) is 11.1 Å². The molecule has 0 spiro atoms. The van der Waals surface area contributed by atoms with E-state index in [0.717, 1.165) is 23.3 Å². The summed E-state index contributed by atoms with van der Waals surface area (Å²) in [6, 6.07) is 15.4. The number of halogens is 3. The third-order valence-electron chi connectivity index (χ3n) is 5.17. The van der Waals surface area contributed by atoms with E-state index in [1.54, 1.807) is 32.4 Å². The largest absolute Gasteiger partial charge is 0.573 e. The molecule has 11 heteroatoms. The lowest BCUT2D eigenvalue weighted by atomic mass is 10.1. The molecular formula is C26H21F3N4O4. The first-order valence-electron chi connectivity index (χ1n) is 11.0. The van der Waals surface area contributed by atoms with Gasteiger partial charge < -0.3 is 18.7 Å². The van der Waals surface area contributed by atoms with E-state index in [9.17, 15) is 22.8 Å². The van der Waals surface area contributed by atoms with E-state index < -0.39 is 6.36 Å². The summed E-state index contributed by atoms with van der Waals surface area (Å²) in [5.41, 5.74) is 2.32. The highest BCUT2D eigenvalue weighted by Gasteiger charge is 2.31. The standard InChI is InChI=1S/C26H21F3N4O4/c1-32(2)22(34)12-6-17-4-3-5-18(14-17)15-33-16-20(9-13-23(33)35)25-30-24(31-37-25)19-7-10-21(11-8-19)36-26(27,28)29/h3-14,16H,15H2,1-2H3/b12-6+. The van der Waals surface area contributed by atoms with Crippen molar-refractivity contribution in [2.45, 2.75) is 12.9 Å². The van der Waals surface area contributed by atoms with Crippen molar-refractivity contribution >= 4 is 12.0 Å². The summed E-state index contributed by atoms with van der Waals surface area (Å²) in [5.74, 6) is -0.203. The Morgan fingerprint density at radius 2 is 1.81 bits per heavy atom. The monoisotopic (exact) mass is 510 g/mol. The first kappa shape index (κ1) is 25.4. The third kappa shape index (κ3) is 6.72. The first-order chi connectivity index (χ1) is 17.6. The molecule has 2 heterocycles. The molecule has 0 saturated heterocycles. The molecule has 0 bridgehead atoms. The average Bonchev–Trinajstić information content (AvgIpc) is 3.34. The minimum absolute atomic E-state index is 0.137. The van der Waals surface area contributed by atoms with Crippen LogP contribution in [0.3, 0.4) is 0 Å². The highest BCUT2D eigenvalue weighted by Crippen LogP contribution is 2.26. The van der Waals surface area contributed by atoms with Gasteiger partial charge in [0.05, 0.1) is 12.1 Å². The summed E-state index contributed by atoms with van der Waals surface area (Å²) < 4.78 is 47.8. The molecule has 0 unspecified atom stereocenters. The number of benzene rings is 2. The number of aromatic nitrogens is 3. The lowest BCUT2D eigenvalue weighted by molar-refractivity contribution is -0.274. The zero-order valence-electron chi connectivity index (χ0n) is 19.8. The number of likely N-dealkylation sites (N-methyl/N-ethyl adjacent to an activating group) is 1. The highest BCUT2D eigenvalue weighted by atomic mass is 19.4. The Hall–Kier alpha value is -4.67. The van der Waals surface area contributed by atoms with E-state index in [0.29, 0.717) is 11.1 Å². The van der Waals surface area contributed by atoms with Crippen LogP contribution in [0.4, 0.5) is 13.2 Å². The maximum absolute atomic E-state index is 12.5. The fourth-order valence-electron chi connectivity index (χ4n) is 3.35. The van der Waals surface area contributed by atoms with Gasteiger partial charge in [0.15, 0.2) is 0 Å². The summed E-state index contributed by atoms with van der Waals surface area (Å²) in [5, 5.41) is 3.89. The normalized spacial score (nSPS) is 11.6. The zero-order valence-corrected chi connectivity index (χ0v) is 19.8. The Kier molecular flexibility index (Phi) is 7.23. The number of ether oxygens (including phenoxy) is 1. The highest BCUT2D eigenvalue weighted by molar-refractivity contribution is 5.91. The fraction of sp³-hybridized carbons (Fsp3) is 0.154. The van der Waals surface area contributed by atoms with Gasteiger partial charge >= 0.3 is 6.36 Å². The van der Waals surface area contributed by atoms with E-state index in [2.05, 4.69) is 14.9 Å². The quantitative estimate of drug-likeness (QED) is 0.337. The van der Waals surface area contributed by atoms with Crippen LogP contribution in [0.15, 0.2) is 82.3 Å². The van der Waals surface area contributed by atoms with Crippen molar-refractivity contribution in [1.29, 1.82) is 0 Å². The zero-order chi connectivity index (χ0) is 26.6. The van der Waals surface area contributed by atoms with Crippen LogP contribution in [0.5, 0.6) is 5.75 Å². The van der Waals surface area contributed by atoms with E-state index >= 15 is 0 Å². The third-order valence-corrected chi connectivity index (χ3v) is 5.17. The Balaban J connectivity index is 1.52. The number of carbonyl (C=O) groups excluding carboxylic acids is 1. The van der Waals surface area contributed by atoms with Crippen molar-refractivity contribution in [1.82, 2.24) is 19.6 Å². The summed E-state index contributed by atoms with van der Waals surface area (Å²) in [7, 11) is 3.33. The molecule has 0 atom stereocenters. The van der Waals surface area contributed by atoms with E-state index in [-0.39, 0.29) is 35.5 Å². The van der Waals surface area contributed by atoms with Crippen LogP contribution in [0.25, 0.3) is 28.9 Å². The summed E-state index contributed by atoms with van der Waals surface area (Å²) in [6.07, 6.45) is -0.0339. The Labute approximate surface area is 209 Å². The van der Waals surface area contributed by atoms with E-state index in [1.165, 1.54) is 33.7 Å². The van der Waals surface area contributed by atoms with Gasteiger partial charge in [-0.05, 0) is 53.6 Å². The van der Waals surface area contributed by atoms with Gasteiger partial charge in [0.25, 0.3) is 11.4 Å². The number of hydrogen-bond acceptors (Lipinski definition) is 6. The minimum Gasteiger partial charge on any atom is -0.406 e. The number of rotatable bonds is 7. The maximum atomic E-state index is 12.5.